The van der Waals surface area contributed by atoms with E-state index in [1.165, 1.54) is 17.3 Å². The zero-order valence-corrected chi connectivity index (χ0v) is 11.2. The second-order valence-electron chi connectivity index (χ2n) is 4.05. The van der Waals surface area contributed by atoms with Crippen LogP contribution in [0.1, 0.15) is 11.1 Å². The molecule has 0 saturated heterocycles. The lowest BCUT2D eigenvalue weighted by Gasteiger charge is -2.19. The number of hydrogen-bond donors (Lipinski definition) is 2. The van der Waals surface area contributed by atoms with Crippen LogP contribution in [0.25, 0.3) is 5.57 Å². The largest absolute Gasteiger partial charge is 0.478 e. The molecule has 2 N–H and O–H groups in total. The minimum atomic E-state index is -0.890. The number of carboxylic acid groups (broad SMARTS) is 1. The minimum absolute atomic E-state index is 0.359. The fourth-order valence-electron chi connectivity index (χ4n) is 1.91. The van der Waals surface area contributed by atoms with Crippen molar-refractivity contribution in [3.63, 3.8) is 0 Å². The van der Waals surface area contributed by atoms with Gasteiger partial charge in [-0.1, -0.05) is 35.9 Å². The topological polar surface area (TPSA) is 49.3 Å². The lowest BCUT2D eigenvalue weighted by molar-refractivity contribution is -0.132. The Morgan fingerprint density at radius 2 is 2.00 bits per heavy atom. The molecule has 3 nitrogen and oxygen atoms in total. The Hall–Kier alpha value is -1.68. The van der Waals surface area contributed by atoms with Crippen molar-refractivity contribution in [1.29, 1.82) is 0 Å². The van der Waals surface area contributed by atoms with Crippen LogP contribution < -0.4 is 5.32 Å². The maximum Gasteiger partial charge on any atom is 0.338 e. The van der Waals surface area contributed by atoms with Crippen molar-refractivity contribution < 1.29 is 9.90 Å². The van der Waals surface area contributed by atoms with Crippen molar-refractivity contribution in [2.24, 2.45) is 0 Å². The highest BCUT2D eigenvalue weighted by atomic mass is 32.2. The smallest absolute Gasteiger partial charge is 0.338 e. The van der Waals surface area contributed by atoms with Crippen LogP contribution in [-0.4, -0.2) is 23.9 Å². The maximum atomic E-state index is 11.4. The summed E-state index contributed by atoms with van der Waals surface area (Å²) in [5, 5.41) is 13.1. The van der Waals surface area contributed by atoms with Crippen molar-refractivity contribution in [2.45, 2.75) is 6.92 Å². The number of rotatable bonds is 3. The van der Waals surface area contributed by atoms with Crippen LogP contribution in [0, 0.1) is 6.92 Å². The summed E-state index contributed by atoms with van der Waals surface area (Å²) in [6, 6.07) is 7.92. The molecule has 2 rings (SSSR count). The molecule has 1 heterocycles. The third-order valence-corrected chi connectivity index (χ3v) is 3.85. The number of aryl methyl sites for hydroxylation is 1. The van der Waals surface area contributed by atoms with E-state index in [4.69, 9.17) is 0 Å². The third-order valence-electron chi connectivity index (χ3n) is 2.82. The zero-order chi connectivity index (χ0) is 13.1. The van der Waals surface area contributed by atoms with E-state index in [0.717, 1.165) is 21.9 Å². The summed E-state index contributed by atoms with van der Waals surface area (Å²) in [4.78, 5) is 11.4. The first-order chi connectivity index (χ1) is 8.63. The molecule has 18 heavy (non-hydrogen) atoms. The second-order valence-corrected chi connectivity index (χ2v) is 5.08. The number of hydrogen-bond acceptors (Lipinski definition) is 3. The molecule has 0 radical (unpaired) electrons. The molecule has 1 aromatic rings. The monoisotopic (exact) mass is 261 g/mol. The van der Waals surface area contributed by atoms with E-state index in [1.807, 2.05) is 37.3 Å². The van der Waals surface area contributed by atoms with E-state index >= 15 is 0 Å². The molecule has 4 heteroatoms. The summed E-state index contributed by atoms with van der Waals surface area (Å²) in [5.41, 5.74) is 3.27. The van der Waals surface area contributed by atoms with Crippen molar-refractivity contribution >= 4 is 23.3 Å². The minimum Gasteiger partial charge on any atom is -0.478 e. The van der Waals surface area contributed by atoms with Crippen LogP contribution in [0.3, 0.4) is 0 Å². The first-order valence-corrected chi connectivity index (χ1v) is 6.67. The van der Waals surface area contributed by atoms with Gasteiger partial charge in [-0.05, 0) is 18.1 Å². The highest BCUT2D eigenvalue weighted by Gasteiger charge is 2.23. The van der Waals surface area contributed by atoms with Crippen LogP contribution >= 0.6 is 11.8 Å². The summed E-state index contributed by atoms with van der Waals surface area (Å²) < 4.78 is 0. The van der Waals surface area contributed by atoms with Gasteiger partial charge >= 0.3 is 5.97 Å². The number of carbonyl (C=O) groups is 1. The molecule has 1 aromatic carbocycles. The molecule has 1 aliphatic heterocycles. The first kappa shape index (κ1) is 12.8. The predicted molar refractivity (Wildman–Crippen MR) is 75.3 cm³/mol. The van der Waals surface area contributed by atoms with Gasteiger partial charge in [0.25, 0.3) is 0 Å². The Labute approximate surface area is 111 Å². The standard InChI is InChI=1S/C14H15NO2S/c1-9-3-5-10(6-4-9)11-7-8-18-13(15-2)12(11)14(16)17/h3-7,15H,8H2,1-2H3,(H,16,17). The van der Waals surface area contributed by atoms with Crippen LogP contribution in [0.4, 0.5) is 0 Å². The molecular weight excluding hydrogens is 246 g/mol. The van der Waals surface area contributed by atoms with E-state index in [9.17, 15) is 9.90 Å². The second kappa shape index (κ2) is 5.31. The van der Waals surface area contributed by atoms with Gasteiger partial charge in [0.1, 0.15) is 0 Å². The van der Waals surface area contributed by atoms with Gasteiger partial charge in [-0.2, -0.15) is 0 Å². The normalized spacial score (nSPS) is 15.3. The van der Waals surface area contributed by atoms with Gasteiger partial charge < -0.3 is 10.4 Å². The fraction of sp³-hybridized carbons (Fsp3) is 0.214. The highest BCUT2D eigenvalue weighted by Crippen LogP contribution is 2.34. The predicted octanol–water partition coefficient (Wildman–Crippen LogP) is 2.64. The Morgan fingerprint density at radius 1 is 1.33 bits per heavy atom. The van der Waals surface area contributed by atoms with E-state index in [1.54, 1.807) is 7.05 Å². The summed E-state index contributed by atoms with van der Waals surface area (Å²) in [6.07, 6.45) is 1.97. The summed E-state index contributed by atoms with van der Waals surface area (Å²) in [5.74, 6) is -0.103. The molecular formula is C14H15NO2S. The first-order valence-electron chi connectivity index (χ1n) is 5.69. The Balaban J connectivity index is 2.48. The van der Waals surface area contributed by atoms with Gasteiger partial charge in [0, 0.05) is 12.8 Å². The fourth-order valence-corrected chi connectivity index (χ4v) is 2.81. The van der Waals surface area contributed by atoms with Crippen LogP contribution in [-0.2, 0) is 4.79 Å². The van der Waals surface area contributed by atoms with Crippen LogP contribution in [0.2, 0.25) is 0 Å². The number of thioether (sulfide) groups is 1. The van der Waals surface area contributed by atoms with Gasteiger partial charge in [-0.25, -0.2) is 4.79 Å². The van der Waals surface area contributed by atoms with Crippen molar-refractivity contribution in [1.82, 2.24) is 5.32 Å². The Bertz CT molecular complexity index is 529. The number of aliphatic carboxylic acids is 1. The Morgan fingerprint density at radius 3 is 2.56 bits per heavy atom. The van der Waals surface area contributed by atoms with Gasteiger partial charge in [0.15, 0.2) is 0 Å². The lowest BCUT2D eigenvalue weighted by atomic mass is 9.97. The van der Waals surface area contributed by atoms with Crippen molar-refractivity contribution in [2.75, 3.05) is 12.8 Å². The molecule has 0 aliphatic carbocycles. The average molecular weight is 261 g/mol. The number of nitrogens with one attached hydrogen (secondary N) is 1. The van der Waals surface area contributed by atoms with E-state index in [-0.39, 0.29) is 0 Å². The number of carboxylic acids is 1. The molecule has 94 valence electrons. The maximum absolute atomic E-state index is 11.4. The quantitative estimate of drug-likeness (QED) is 0.878. The molecule has 0 amide bonds. The van der Waals surface area contributed by atoms with Crippen molar-refractivity contribution in [3.05, 3.63) is 52.1 Å². The summed E-state index contributed by atoms with van der Waals surface area (Å²) >= 11 is 1.51. The molecule has 0 spiro atoms. The van der Waals surface area contributed by atoms with Crippen molar-refractivity contribution in [3.8, 4) is 0 Å². The molecule has 0 fully saturated rings. The molecule has 0 saturated carbocycles. The Kier molecular flexibility index (Phi) is 3.77. The van der Waals surface area contributed by atoms with Gasteiger partial charge in [-0.15, -0.1) is 11.8 Å². The molecule has 0 unspecified atom stereocenters. The van der Waals surface area contributed by atoms with Gasteiger partial charge in [0.2, 0.25) is 0 Å². The van der Waals surface area contributed by atoms with E-state index in [0.29, 0.717) is 5.57 Å². The SMILES string of the molecule is CNC1=C(C(=O)O)C(c2ccc(C)cc2)=CCS1. The number of benzene rings is 1. The molecule has 0 bridgehead atoms. The average Bonchev–Trinajstić information content (AvgIpc) is 2.38. The highest BCUT2D eigenvalue weighted by molar-refractivity contribution is 8.03. The molecule has 0 atom stereocenters. The van der Waals surface area contributed by atoms with E-state index < -0.39 is 5.97 Å². The summed E-state index contributed by atoms with van der Waals surface area (Å²) in [7, 11) is 1.75. The van der Waals surface area contributed by atoms with E-state index in [2.05, 4.69) is 5.32 Å². The van der Waals surface area contributed by atoms with Crippen LogP contribution in [0.15, 0.2) is 40.9 Å². The molecule has 0 aromatic heterocycles. The van der Waals surface area contributed by atoms with Crippen LogP contribution in [0.5, 0.6) is 0 Å². The van der Waals surface area contributed by atoms with Gasteiger partial charge in [-0.3, -0.25) is 0 Å². The summed E-state index contributed by atoms with van der Waals surface area (Å²) in [6.45, 7) is 2.02. The lowest BCUT2D eigenvalue weighted by Crippen LogP contribution is -2.16. The third kappa shape index (κ3) is 2.43. The van der Waals surface area contributed by atoms with Gasteiger partial charge in [0.05, 0.1) is 10.6 Å². The molecule has 1 aliphatic rings. The zero-order valence-electron chi connectivity index (χ0n) is 10.4.